The van der Waals surface area contributed by atoms with Crippen LogP contribution in [0.2, 0.25) is 0 Å². The minimum absolute atomic E-state index is 0.399. The van der Waals surface area contributed by atoms with Crippen molar-refractivity contribution in [3.8, 4) is 0 Å². The van der Waals surface area contributed by atoms with Crippen molar-refractivity contribution >= 4 is 0 Å². The van der Waals surface area contributed by atoms with Gasteiger partial charge in [0, 0.05) is 24.7 Å². The van der Waals surface area contributed by atoms with E-state index in [0.717, 1.165) is 12.0 Å². The van der Waals surface area contributed by atoms with Gasteiger partial charge in [0.25, 0.3) is 0 Å². The summed E-state index contributed by atoms with van der Waals surface area (Å²) in [5, 5.41) is 0. The van der Waals surface area contributed by atoms with E-state index in [9.17, 15) is 0 Å². The third kappa shape index (κ3) is 3.03. The van der Waals surface area contributed by atoms with Gasteiger partial charge >= 0.3 is 0 Å². The zero-order chi connectivity index (χ0) is 12.6. The monoisotopic (exact) mass is 238 g/mol. The number of hydrogen-bond acceptors (Lipinski definition) is 2. The first kappa shape index (κ1) is 13.4. The molecule has 1 heterocycles. The molecule has 2 N–H and O–H groups in total. The Morgan fingerprint density at radius 2 is 1.82 bits per heavy atom. The van der Waals surface area contributed by atoms with Crippen LogP contribution in [0.1, 0.15) is 59.8 Å². The Morgan fingerprint density at radius 3 is 2.53 bits per heavy atom. The number of nitrogens with two attached hydrogens (primary N) is 1. The maximum atomic E-state index is 6.40. The van der Waals surface area contributed by atoms with E-state index >= 15 is 0 Å². The van der Waals surface area contributed by atoms with E-state index in [1.165, 1.54) is 38.6 Å². The second-order valence-corrected chi connectivity index (χ2v) is 7.37. The number of hydrogen-bond donors (Lipinski definition) is 1. The Bertz CT molecular complexity index is 262. The summed E-state index contributed by atoms with van der Waals surface area (Å²) in [6.07, 6.45) is 6.52. The predicted octanol–water partition coefficient (Wildman–Crippen LogP) is 3.01. The first-order valence-electron chi connectivity index (χ1n) is 7.40. The number of rotatable bonds is 1. The molecule has 0 radical (unpaired) electrons. The van der Waals surface area contributed by atoms with Gasteiger partial charge < -0.3 is 5.73 Å². The summed E-state index contributed by atoms with van der Waals surface area (Å²) in [4.78, 5) is 2.72. The molecule has 1 saturated heterocycles. The third-order valence-electron chi connectivity index (χ3n) is 5.00. The quantitative estimate of drug-likeness (QED) is 0.761. The lowest BCUT2D eigenvalue weighted by Gasteiger charge is -2.49. The molecule has 0 aromatic carbocycles. The molecular formula is C15H30N2. The molecule has 100 valence electrons. The van der Waals surface area contributed by atoms with Crippen molar-refractivity contribution in [1.82, 2.24) is 4.90 Å². The van der Waals surface area contributed by atoms with Crippen molar-refractivity contribution < 1.29 is 0 Å². The minimum Gasteiger partial charge on any atom is -0.326 e. The van der Waals surface area contributed by atoms with Crippen molar-refractivity contribution in [3.63, 3.8) is 0 Å². The maximum Gasteiger partial charge on any atom is 0.0255 e. The van der Waals surface area contributed by atoms with Crippen LogP contribution in [-0.2, 0) is 0 Å². The van der Waals surface area contributed by atoms with Crippen molar-refractivity contribution in [2.75, 3.05) is 6.54 Å². The summed E-state index contributed by atoms with van der Waals surface area (Å²) in [5.41, 5.74) is 6.88. The summed E-state index contributed by atoms with van der Waals surface area (Å²) >= 11 is 0. The van der Waals surface area contributed by atoms with Crippen LogP contribution in [0.25, 0.3) is 0 Å². The summed E-state index contributed by atoms with van der Waals surface area (Å²) in [5.74, 6) is 0.850. The maximum absolute atomic E-state index is 6.40. The summed E-state index contributed by atoms with van der Waals surface area (Å²) in [7, 11) is 0. The van der Waals surface area contributed by atoms with Gasteiger partial charge in [-0.3, -0.25) is 4.90 Å². The highest BCUT2D eigenvalue weighted by molar-refractivity contribution is 4.95. The van der Waals surface area contributed by atoms with Gasteiger partial charge in [-0.2, -0.15) is 0 Å². The number of likely N-dealkylation sites (tertiary alicyclic amines) is 1. The van der Waals surface area contributed by atoms with Crippen molar-refractivity contribution in [2.24, 2.45) is 17.1 Å². The summed E-state index contributed by atoms with van der Waals surface area (Å²) < 4.78 is 0. The second-order valence-electron chi connectivity index (χ2n) is 7.37. The average Bonchev–Trinajstić information content (AvgIpc) is 2.25. The summed E-state index contributed by atoms with van der Waals surface area (Å²) in [6.45, 7) is 10.8. The molecule has 1 saturated carbocycles. The fraction of sp³-hybridized carbons (Fsp3) is 1.00. The van der Waals surface area contributed by atoms with Gasteiger partial charge in [-0.25, -0.2) is 0 Å². The van der Waals surface area contributed by atoms with Crippen LogP contribution < -0.4 is 5.73 Å². The molecule has 4 unspecified atom stereocenters. The first-order chi connectivity index (χ1) is 7.89. The van der Waals surface area contributed by atoms with Crippen LogP contribution in [0.15, 0.2) is 0 Å². The van der Waals surface area contributed by atoms with Gasteiger partial charge in [-0.15, -0.1) is 0 Å². The fourth-order valence-corrected chi connectivity index (χ4v) is 3.72. The third-order valence-corrected chi connectivity index (χ3v) is 5.00. The van der Waals surface area contributed by atoms with Crippen LogP contribution in [0, 0.1) is 11.3 Å². The normalized spacial score (nSPS) is 43.6. The summed E-state index contributed by atoms with van der Waals surface area (Å²) in [6, 6.07) is 1.75. The highest BCUT2D eigenvalue weighted by atomic mass is 15.2. The van der Waals surface area contributed by atoms with E-state index in [1.54, 1.807) is 0 Å². The lowest BCUT2D eigenvalue weighted by Crippen LogP contribution is -2.57. The average molecular weight is 238 g/mol. The topological polar surface area (TPSA) is 29.3 Å². The van der Waals surface area contributed by atoms with Gasteiger partial charge in [0.2, 0.25) is 0 Å². The van der Waals surface area contributed by atoms with Crippen LogP contribution in [0.5, 0.6) is 0 Å². The number of piperidine rings is 1. The standard InChI is InChI=1S/C15H30N2/c1-11-5-6-12(2)17(10-11)14-9-15(3,4)8-7-13(14)16/h11-14H,5-10,16H2,1-4H3. The van der Waals surface area contributed by atoms with Crippen LogP contribution in [0.3, 0.4) is 0 Å². The fourth-order valence-electron chi connectivity index (χ4n) is 3.72. The molecule has 1 aliphatic heterocycles. The van der Waals surface area contributed by atoms with Crippen molar-refractivity contribution in [3.05, 3.63) is 0 Å². The van der Waals surface area contributed by atoms with Crippen LogP contribution >= 0.6 is 0 Å². The number of nitrogens with zero attached hydrogens (tertiary/aromatic N) is 1. The molecule has 17 heavy (non-hydrogen) atoms. The highest BCUT2D eigenvalue weighted by Crippen LogP contribution is 2.39. The van der Waals surface area contributed by atoms with E-state index < -0.39 is 0 Å². The molecule has 0 amide bonds. The first-order valence-corrected chi connectivity index (χ1v) is 7.40. The molecule has 4 atom stereocenters. The molecule has 0 spiro atoms. The van der Waals surface area contributed by atoms with Crippen LogP contribution in [0.4, 0.5) is 0 Å². The zero-order valence-corrected chi connectivity index (χ0v) is 12.1. The molecule has 1 aliphatic carbocycles. The van der Waals surface area contributed by atoms with Crippen molar-refractivity contribution in [1.29, 1.82) is 0 Å². The molecule has 2 rings (SSSR count). The smallest absolute Gasteiger partial charge is 0.0255 e. The van der Waals surface area contributed by atoms with E-state index in [2.05, 4.69) is 32.6 Å². The molecule has 2 nitrogen and oxygen atoms in total. The Labute approximate surface area is 107 Å². The Morgan fingerprint density at radius 1 is 1.12 bits per heavy atom. The molecule has 2 heteroatoms. The SMILES string of the molecule is CC1CCC(C)N(C2CC(C)(C)CCC2N)C1. The molecule has 2 aliphatic rings. The van der Waals surface area contributed by atoms with Crippen LogP contribution in [-0.4, -0.2) is 29.6 Å². The Hall–Kier alpha value is -0.0800. The van der Waals surface area contributed by atoms with E-state index in [0.29, 0.717) is 17.5 Å². The zero-order valence-electron chi connectivity index (χ0n) is 12.1. The lowest BCUT2D eigenvalue weighted by molar-refractivity contribution is 0.0172. The van der Waals surface area contributed by atoms with E-state index in [4.69, 9.17) is 5.73 Å². The van der Waals surface area contributed by atoms with E-state index in [-0.39, 0.29) is 0 Å². The van der Waals surface area contributed by atoms with Crippen molar-refractivity contribution in [2.45, 2.75) is 77.9 Å². The predicted molar refractivity (Wildman–Crippen MR) is 74.0 cm³/mol. The Balaban J connectivity index is 2.07. The Kier molecular flexibility index (Phi) is 3.84. The molecule has 0 bridgehead atoms. The molecule has 0 aromatic heterocycles. The molecule has 2 fully saturated rings. The van der Waals surface area contributed by atoms with Gasteiger partial charge in [0.15, 0.2) is 0 Å². The second kappa shape index (κ2) is 4.89. The largest absolute Gasteiger partial charge is 0.326 e. The van der Waals surface area contributed by atoms with Gasteiger partial charge in [-0.1, -0.05) is 20.8 Å². The van der Waals surface area contributed by atoms with Gasteiger partial charge in [0.05, 0.1) is 0 Å². The van der Waals surface area contributed by atoms with E-state index in [1.807, 2.05) is 0 Å². The lowest BCUT2D eigenvalue weighted by atomic mass is 9.72. The van der Waals surface area contributed by atoms with Gasteiger partial charge in [0.1, 0.15) is 0 Å². The minimum atomic E-state index is 0.399. The molecule has 0 aromatic rings. The molecular weight excluding hydrogens is 208 g/mol. The van der Waals surface area contributed by atoms with Gasteiger partial charge in [-0.05, 0) is 50.4 Å². The highest BCUT2D eigenvalue weighted by Gasteiger charge is 2.39.